The highest BCUT2D eigenvalue weighted by Gasteiger charge is 2.26. The van der Waals surface area contributed by atoms with Crippen LogP contribution in [-0.4, -0.2) is 19.1 Å². The van der Waals surface area contributed by atoms with Gasteiger partial charge in [0.1, 0.15) is 24.0 Å². The number of anilines is 2. The van der Waals surface area contributed by atoms with Crippen LogP contribution in [0.4, 0.5) is 11.6 Å². The van der Waals surface area contributed by atoms with Crippen LogP contribution in [0.5, 0.6) is 0 Å². The summed E-state index contributed by atoms with van der Waals surface area (Å²) in [5.41, 5.74) is 8.26. The van der Waals surface area contributed by atoms with Crippen LogP contribution in [0.15, 0.2) is 60.9 Å². The van der Waals surface area contributed by atoms with E-state index in [1.165, 1.54) is 16.8 Å². The Kier molecular flexibility index (Phi) is 5.94. The first-order valence-corrected chi connectivity index (χ1v) is 13.0. The van der Waals surface area contributed by atoms with Gasteiger partial charge < -0.3 is 9.88 Å². The molecule has 0 unspecified atom stereocenters. The summed E-state index contributed by atoms with van der Waals surface area (Å²) in [5, 5.41) is 15.5. The van der Waals surface area contributed by atoms with Gasteiger partial charge in [-0.15, -0.1) is 0 Å². The Hall–Kier alpha value is -4.08. The van der Waals surface area contributed by atoms with Crippen LogP contribution in [0.25, 0.3) is 16.7 Å². The maximum Gasteiger partial charge on any atom is 0.150 e. The van der Waals surface area contributed by atoms with Crippen LogP contribution in [0.3, 0.4) is 0 Å². The van der Waals surface area contributed by atoms with E-state index in [2.05, 4.69) is 68.6 Å². The highest BCUT2D eigenvalue weighted by atomic mass is 35.5. The summed E-state index contributed by atoms with van der Waals surface area (Å²) in [6.07, 6.45) is 5.73. The number of nitrogens with one attached hydrogen (secondary N) is 1. The summed E-state index contributed by atoms with van der Waals surface area (Å²) in [4.78, 5) is 9.34. The SMILES string of the molecule is Cc1c(C)n(-c2cccc(Cl)c2)c2ncnc(Nc3c(C#N)c4c(n3Cc3ccccc3)CCCC4)c12. The number of hydrogen-bond donors (Lipinski definition) is 1. The molecule has 0 amide bonds. The normalized spacial score (nSPS) is 12.9. The average molecular weight is 507 g/mol. The number of aromatic nitrogens is 4. The highest BCUT2D eigenvalue weighted by Crippen LogP contribution is 2.38. The molecule has 184 valence electrons. The first-order chi connectivity index (χ1) is 18.1. The molecule has 6 nitrogen and oxygen atoms in total. The molecule has 5 aromatic rings. The van der Waals surface area contributed by atoms with Crippen molar-refractivity contribution in [1.29, 1.82) is 5.26 Å². The average Bonchev–Trinajstić information content (AvgIpc) is 3.35. The number of halogens is 1. The van der Waals surface area contributed by atoms with E-state index in [0.717, 1.165) is 65.0 Å². The molecule has 1 aliphatic carbocycles. The maximum atomic E-state index is 10.3. The van der Waals surface area contributed by atoms with E-state index >= 15 is 0 Å². The Morgan fingerprint density at radius 2 is 1.84 bits per heavy atom. The van der Waals surface area contributed by atoms with Gasteiger partial charge in [-0.25, -0.2) is 9.97 Å². The van der Waals surface area contributed by atoms with Crippen molar-refractivity contribution in [3.8, 4) is 11.8 Å². The van der Waals surface area contributed by atoms with Crippen molar-refractivity contribution >= 4 is 34.3 Å². The Morgan fingerprint density at radius 1 is 1.03 bits per heavy atom. The summed E-state index contributed by atoms with van der Waals surface area (Å²) in [7, 11) is 0. The second-order valence-electron chi connectivity index (χ2n) is 9.61. The second-order valence-corrected chi connectivity index (χ2v) is 10.0. The van der Waals surface area contributed by atoms with Gasteiger partial charge in [0.05, 0.1) is 10.9 Å². The molecule has 1 N–H and O–H groups in total. The van der Waals surface area contributed by atoms with Crippen LogP contribution in [0, 0.1) is 25.2 Å². The van der Waals surface area contributed by atoms with Crippen LogP contribution < -0.4 is 5.32 Å². The third kappa shape index (κ3) is 3.96. The predicted molar refractivity (Wildman–Crippen MR) is 148 cm³/mol. The largest absolute Gasteiger partial charge is 0.326 e. The van der Waals surface area contributed by atoms with Crippen molar-refractivity contribution in [1.82, 2.24) is 19.1 Å². The number of aryl methyl sites for hydroxylation is 1. The van der Waals surface area contributed by atoms with Crippen molar-refractivity contribution < 1.29 is 0 Å². The second kappa shape index (κ2) is 9.42. The fourth-order valence-electron chi connectivity index (χ4n) is 5.60. The molecule has 0 saturated heterocycles. The lowest BCUT2D eigenvalue weighted by atomic mass is 9.95. The van der Waals surface area contributed by atoms with E-state index in [9.17, 15) is 5.26 Å². The molecule has 0 atom stereocenters. The Labute approximate surface area is 221 Å². The molecule has 2 aromatic carbocycles. The van der Waals surface area contributed by atoms with Crippen molar-refractivity contribution in [3.05, 3.63) is 99.6 Å². The summed E-state index contributed by atoms with van der Waals surface area (Å²) >= 11 is 6.32. The van der Waals surface area contributed by atoms with Crippen LogP contribution >= 0.6 is 11.6 Å². The zero-order valence-electron chi connectivity index (χ0n) is 20.9. The molecule has 0 radical (unpaired) electrons. The first kappa shape index (κ1) is 23.3. The first-order valence-electron chi connectivity index (χ1n) is 12.6. The van der Waals surface area contributed by atoms with Gasteiger partial charge in [-0.2, -0.15) is 5.26 Å². The standard InChI is InChI=1S/C30H27ClN6/c1-19-20(2)37(23-12-8-11-22(31)15-23)30-27(19)28(33-18-34-30)35-29-25(16-32)24-13-6-7-14-26(24)36(29)17-21-9-4-3-5-10-21/h3-5,8-12,15,18H,6-7,13-14,17H2,1-2H3,(H,33,34,35). The zero-order valence-corrected chi connectivity index (χ0v) is 21.7. The molecular weight excluding hydrogens is 480 g/mol. The van der Waals surface area contributed by atoms with Crippen LogP contribution in [-0.2, 0) is 19.4 Å². The van der Waals surface area contributed by atoms with Crippen LogP contribution in [0.1, 0.15) is 46.5 Å². The summed E-state index contributed by atoms with van der Waals surface area (Å²) in [6, 6.07) is 20.7. The van der Waals surface area contributed by atoms with E-state index in [-0.39, 0.29) is 0 Å². The van der Waals surface area contributed by atoms with Crippen molar-refractivity contribution in [3.63, 3.8) is 0 Å². The highest BCUT2D eigenvalue weighted by molar-refractivity contribution is 6.30. The van der Waals surface area contributed by atoms with Gasteiger partial charge in [-0.3, -0.25) is 4.57 Å². The summed E-state index contributed by atoms with van der Waals surface area (Å²) in [5.74, 6) is 1.51. The number of hydrogen-bond acceptors (Lipinski definition) is 4. The van der Waals surface area contributed by atoms with Crippen molar-refractivity contribution in [2.24, 2.45) is 0 Å². The number of rotatable bonds is 5. The van der Waals surface area contributed by atoms with Gasteiger partial charge in [0.15, 0.2) is 5.65 Å². The van der Waals surface area contributed by atoms with E-state index in [0.29, 0.717) is 17.4 Å². The number of nitrogens with zero attached hydrogens (tertiary/aromatic N) is 5. The minimum absolute atomic E-state index is 0.673. The van der Waals surface area contributed by atoms with Crippen LogP contribution in [0.2, 0.25) is 5.02 Å². The van der Waals surface area contributed by atoms with Gasteiger partial charge in [-0.1, -0.05) is 48.0 Å². The van der Waals surface area contributed by atoms with Gasteiger partial charge >= 0.3 is 0 Å². The molecule has 1 aliphatic rings. The molecule has 3 heterocycles. The smallest absolute Gasteiger partial charge is 0.150 e. The molecule has 6 rings (SSSR count). The minimum atomic E-state index is 0.673. The molecule has 0 fully saturated rings. The topological polar surface area (TPSA) is 71.5 Å². The lowest BCUT2D eigenvalue weighted by molar-refractivity contribution is 0.633. The van der Waals surface area contributed by atoms with Gasteiger partial charge in [0.25, 0.3) is 0 Å². The lowest BCUT2D eigenvalue weighted by Gasteiger charge is -2.17. The van der Waals surface area contributed by atoms with E-state index in [1.807, 2.05) is 30.3 Å². The fourth-order valence-corrected chi connectivity index (χ4v) is 5.78. The molecule has 0 spiro atoms. The molecule has 7 heteroatoms. The third-order valence-electron chi connectivity index (χ3n) is 7.46. The predicted octanol–water partition coefficient (Wildman–Crippen LogP) is 7.03. The summed E-state index contributed by atoms with van der Waals surface area (Å²) in [6.45, 7) is 4.87. The number of benzene rings is 2. The van der Waals surface area contributed by atoms with Gasteiger partial charge in [-0.05, 0) is 74.4 Å². The molecule has 37 heavy (non-hydrogen) atoms. The zero-order chi connectivity index (χ0) is 25.5. The number of fused-ring (bicyclic) bond motifs is 2. The van der Waals surface area contributed by atoms with Gasteiger partial charge in [0.2, 0.25) is 0 Å². The van der Waals surface area contributed by atoms with E-state index < -0.39 is 0 Å². The quantitative estimate of drug-likeness (QED) is 0.277. The molecule has 0 aliphatic heterocycles. The Morgan fingerprint density at radius 3 is 2.62 bits per heavy atom. The van der Waals surface area contributed by atoms with Gasteiger partial charge in [0, 0.05) is 28.6 Å². The molecular formula is C30H27ClN6. The monoisotopic (exact) mass is 506 g/mol. The Bertz CT molecular complexity index is 1670. The Balaban J connectivity index is 1.53. The minimum Gasteiger partial charge on any atom is -0.326 e. The lowest BCUT2D eigenvalue weighted by Crippen LogP contribution is -2.11. The van der Waals surface area contributed by atoms with Crippen molar-refractivity contribution in [2.45, 2.75) is 46.1 Å². The maximum absolute atomic E-state index is 10.3. The van der Waals surface area contributed by atoms with E-state index in [4.69, 9.17) is 11.6 Å². The molecule has 3 aromatic heterocycles. The molecule has 0 saturated carbocycles. The number of nitriles is 1. The fraction of sp³-hybridized carbons (Fsp3) is 0.233. The van der Waals surface area contributed by atoms with Crippen molar-refractivity contribution in [2.75, 3.05) is 5.32 Å². The third-order valence-corrected chi connectivity index (χ3v) is 7.70. The molecule has 0 bridgehead atoms. The summed E-state index contributed by atoms with van der Waals surface area (Å²) < 4.78 is 4.40. The van der Waals surface area contributed by atoms with E-state index in [1.54, 1.807) is 6.33 Å².